The number of carbonyl (C=O) groups is 1. The molecule has 0 saturated carbocycles. The largest absolute Gasteiger partial charge is 0.351 e. The minimum Gasteiger partial charge on any atom is -0.351 e. The molecule has 1 aromatic heterocycles. The van der Waals surface area contributed by atoms with Crippen molar-refractivity contribution in [2.24, 2.45) is 0 Å². The van der Waals surface area contributed by atoms with Gasteiger partial charge in [0.05, 0.1) is 0 Å². The molecule has 0 N–H and O–H groups in total. The standard InChI is InChI=1S/C11H15NO/c1-9(13)10-7-11-5-3-2-4-6-12(11)8-10/h7-8H,2-6H2,1H3. The lowest BCUT2D eigenvalue weighted by molar-refractivity contribution is 0.101. The van der Waals surface area contributed by atoms with Crippen LogP contribution in [0.1, 0.15) is 42.2 Å². The Morgan fingerprint density at radius 2 is 2.23 bits per heavy atom. The van der Waals surface area contributed by atoms with E-state index >= 15 is 0 Å². The van der Waals surface area contributed by atoms with Crippen molar-refractivity contribution < 1.29 is 4.79 Å². The number of aromatic nitrogens is 1. The second-order valence-electron chi connectivity index (χ2n) is 3.78. The van der Waals surface area contributed by atoms with Crippen molar-refractivity contribution in [1.29, 1.82) is 0 Å². The molecule has 13 heavy (non-hydrogen) atoms. The number of rotatable bonds is 1. The van der Waals surface area contributed by atoms with Crippen LogP contribution in [0.3, 0.4) is 0 Å². The minimum absolute atomic E-state index is 0.181. The third kappa shape index (κ3) is 1.67. The molecule has 0 spiro atoms. The van der Waals surface area contributed by atoms with E-state index in [0.717, 1.165) is 18.5 Å². The summed E-state index contributed by atoms with van der Waals surface area (Å²) in [6, 6.07) is 2.05. The molecule has 2 rings (SSSR count). The van der Waals surface area contributed by atoms with Gasteiger partial charge in [-0.05, 0) is 32.3 Å². The molecule has 0 radical (unpaired) electrons. The molecular weight excluding hydrogens is 162 g/mol. The molecule has 0 amide bonds. The van der Waals surface area contributed by atoms with Crippen LogP contribution in [0.5, 0.6) is 0 Å². The first-order valence-corrected chi connectivity index (χ1v) is 4.97. The van der Waals surface area contributed by atoms with Crippen LogP contribution in [0.4, 0.5) is 0 Å². The number of aryl methyl sites for hydroxylation is 2. The fourth-order valence-electron chi connectivity index (χ4n) is 1.93. The molecule has 1 aliphatic heterocycles. The molecule has 0 atom stereocenters. The lowest BCUT2D eigenvalue weighted by Crippen LogP contribution is -1.97. The van der Waals surface area contributed by atoms with Crippen LogP contribution in [0, 0.1) is 0 Å². The van der Waals surface area contributed by atoms with E-state index in [1.54, 1.807) is 6.92 Å². The fraction of sp³-hybridized carbons (Fsp3) is 0.545. The Kier molecular flexibility index (Phi) is 2.21. The zero-order valence-corrected chi connectivity index (χ0v) is 8.05. The Labute approximate surface area is 78.6 Å². The molecule has 0 unspecified atom stereocenters. The van der Waals surface area contributed by atoms with Crippen LogP contribution < -0.4 is 0 Å². The molecular formula is C11H15NO. The van der Waals surface area contributed by atoms with Gasteiger partial charge in [-0.2, -0.15) is 0 Å². The maximum Gasteiger partial charge on any atom is 0.161 e. The monoisotopic (exact) mass is 177 g/mol. The average Bonchev–Trinajstić information content (AvgIpc) is 2.38. The van der Waals surface area contributed by atoms with Crippen molar-refractivity contribution in [3.05, 3.63) is 23.5 Å². The highest BCUT2D eigenvalue weighted by molar-refractivity contribution is 5.94. The van der Waals surface area contributed by atoms with Gasteiger partial charge in [0.25, 0.3) is 0 Å². The summed E-state index contributed by atoms with van der Waals surface area (Å²) < 4.78 is 2.24. The summed E-state index contributed by atoms with van der Waals surface area (Å²) in [5.74, 6) is 0.181. The first-order chi connectivity index (χ1) is 6.27. The smallest absolute Gasteiger partial charge is 0.161 e. The maximum absolute atomic E-state index is 11.1. The summed E-state index contributed by atoms with van der Waals surface area (Å²) in [6.45, 7) is 2.72. The molecule has 1 aromatic rings. The second kappa shape index (κ2) is 3.36. The van der Waals surface area contributed by atoms with Gasteiger partial charge >= 0.3 is 0 Å². The molecule has 0 aromatic carbocycles. The van der Waals surface area contributed by atoms with Crippen molar-refractivity contribution in [3.63, 3.8) is 0 Å². The number of carbonyl (C=O) groups excluding carboxylic acids is 1. The Morgan fingerprint density at radius 1 is 1.38 bits per heavy atom. The Balaban J connectivity index is 2.32. The van der Waals surface area contributed by atoms with Gasteiger partial charge in [0, 0.05) is 24.0 Å². The van der Waals surface area contributed by atoms with Gasteiger partial charge < -0.3 is 4.57 Å². The van der Waals surface area contributed by atoms with E-state index in [0.29, 0.717) is 0 Å². The van der Waals surface area contributed by atoms with Gasteiger partial charge in [-0.1, -0.05) is 6.42 Å². The van der Waals surface area contributed by atoms with E-state index in [9.17, 15) is 4.79 Å². The Hall–Kier alpha value is -1.05. The summed E-state index contributed by atoms with van der Waals surface area (Å²) >= 11 is 0. The van der Waals surface area contributed by atoms with Gasteiger partial charge in [-0.25, -0.2) is 0 Å². The molecule has 0 fully saturated rings. The summed E-state index contributed by atoms with van der Waals surface area (Å²) in [4.78, 5) is 11.1. The average molecular weight is 177 g/mol. The molecule has 2 heterocycles. The van der Waals surface area contributed by atoms with Gasteiger partial charge in [0.1, 0.15) is 0 Å². The van der Waals surface area contributed by atoms with Crippen molar-refractivity contribution in [3.8, 4) is 0 Å². The fourth-order valence-corrected chi connectivity index (χ4v) is 1.93. The molecule has 1 aliphatic rings. The second-order valence-corrected chi connectivity index (χ2v) is 3.78. The number of ketones is 1. The van der Waals surface area contributed by atoms with Gasteiger partial charge in [0.15, 0.2) is 5.78 Å². The van der Waals surface area contributed by atoms with Gasteiger partial charge in [-0.3, -0.25) is 4.79 Å². The van der Waals surface area contributed by atoms with Crippen LogP contribution in [0.25, 0.3) is 0 Å². The molecule has 0 saturated heterocycles. The number of hydrogen-bond acceptors (Lipinski definition) is 1. The van der Waals surface area contributed by atoms with Crippen LogP contribution >= 0.6 is 0 Å². The van der Waals surface area contributed by atoms with E-state index in [1.165, 1.54) is 25.0 Å². The third-order valence-electron chi connectivity index (χ3n) is 2.72. The molecule has 0 bridgehead atoms. The summed E-state index contributed by atoms with van der Waals surface area (Å²) in [5.41, 5.74) is 2.21. The first kappa shape index (κ1) is 8.54. The lowest BCUT2D eigenvalue weighted by Gasteiger charge is -2.01. The summed E-state index contributed by atoms with van der Waals surface area (Å²) in [6.07, 6.45) is 6.97. The van der Waals surface area contributed by atoms with Crippen molar-refractivity contribution in [2.75, 3.05) is 0 Å². The summed E-state index contributed by atoms with van der Waals surface area (Å²) in [5, 5.41) is 0. The SMILES string of the molecule is CC(=O)c1cc2n(c1)CCCCC2. The molecule has 2 nitrogen and oxygen atoms in total. The maximum atomic E-state index is 11.1. The van der Waals surface area contributed by atoms with E-state index in [2.05, 4.69) is 4.57 Å². The van der Waals surface area contributed by atoms with Crippen molar-refractivity contribution in [2.45, 2.75) is 39.2 Å². The number of Topliss-reactive ketones (excluding diaryl/α,β-unsaturated/α-hetero) is 1. The van der Waals surface area contributed by atoms with Crippen molar-refractivity contribution >= 4 is 5.78 Å². The number of nitrogens with zero attached hydrogens (tertiary/aromatic N) is 1. The quantitative estimate of drug-likeness (QED) is 0.604. The first-order valence-electron chi connectivity index (χ1n) is 4.97. The van der Waals surface area contributed by atoms with Gasteiger partial charge in [-0.15, -0.1) is 0 Å². The predicted molar refractivity (Wildman–Crippen MR) is 52.0 cm³/mol. The normalized spacial score (nSPS) is 16.4. The topological polar surface area (TPSA) is 22.0 Å². The summed E-state index contributed by atoms with van der Waals surface area (Å²) in [7, 11) is 0. The predicted octanol–water partition coefficient (Wildman–Crippen LogP) is 2.42. The Bertz CT molecular complexity index is 301. The van der Waals surface area contributed by atoms with E-state index in [4.69, 9.17) is 0 Å². The van der Waals surface area contributed by atoms with E-state index in [-0.39, 0.29) is 5.78 Å². The third-order valence-corrected chi connectivity index (χ3v) is 2.72. The van der Waals surface area contributed by atoms with Crippen LogP contribution in [-0.4, -0.2) is 10.4 Å². The molecule has 70 valence electrons. The lowest BCUT2D eigenvalue weighted by atomic mass is 10.1. The molecule has 0 aliphatic carbocycles. The number of hydrogen-bond donors (Lipinski definition) is 0. The highest BCUT2D eigenvalue weighted by Crippen LogP contribution is 2.17. The zero-order valence-electron chi connectivity index (χ0n) is 8.05. The zero-order chi connectivity index (χ0) is 9.26. The van der Waals surface area contributed by atoms with Crippen molar-refractivity contribution in [1.82, 2.24) is 4.57 Å². The van der Waals surface area contributed by atoms with Gasteiger partial charge in [0.2, 0.25) is 0 Å². The van der Waals surface area contributed by atoms with Crippen LogP contribution in [-0.2, 0) is 13.0 Å². The minimum atomic E-state index is 0.181. The highest BCUT2D eigenvalue weighted by Gasteiger charge is 2.10. The Morgan fingerprint density at radius 3 is 3.00 bits per heavy atom. The molecule has 2 heteroatoms. The van der Waals surface area contributed by atoms with Crippen LogP contribution in [0.2, 0.25) is 0 Å². The van der Waals surface area contributed by atoms with E-state index in [1.807, 2.05) is 12.3 Å². The van der Waals surface area contributed by atoms with E-state index < -0.39 is 0 Å². The van der Waals surface area contributed by atoms with Crippen LogP contribution in [0.15, 0.2) is 12.3 Å². The number of fused-ring (bicyclic) bond motifs is 1. The highest BCUT2D eigenvalue weighted by atomic mass is 16.1.